The Balaban J connectivity index is 0.000000956. The lowest BCUT2D eigenvalue weighted by Crippen LogP contribution is -2.08. The van der Waals surface area contributed by atoms with Gasteiger partial charge < -0.3 is 10.5 Å². The normalized spacial score (nSPS) is 9.40. The van der Waals surface area contributed by atoms with Gasteiger partial charge in [-0.15, -0.1) is 0 Å². The molecular weight excluding hydrogens is 276 g/mol. The molecule has 0 aliphatic heterocycles. The quantitative estimate of drug-likeness (QED) is 0.693. The number of rotatable bonds is 3. The number of pyridine rings is 1. The molecule has 0 radical (unpaired) electrons. The van der Waals surface area contributed by atoms with Crippen molar-refractivity contribution in [2.45, 2.75) is 13.8 Å². The summed E-state index contributed by atoms with van der Waals surface area (Å²) < 4.78 is 5.07. The van der Waals surface area contributed by atoms with Gasteiger partial charge in [-0.1, -0.05) is 31.5 Å². The third-order valence-corrected chi connectivity index (χ3v) is 2.71. The molecule has 0 spiro atoms. The van der Waals surface area contributed by atoms with E-state index < -0.39 is 0 Å². The number of ketones is 1. The van der Waals surface area contributed by atoms with Crippen LogP contribution in [0.1, 0.15) is 29.9 Å². The third-order valence-electron chi connectivity index (χ3n) is 2.49. The van der Waals surface area contributed by atoms with Crippen molar-refractivity contribution in [2.24, 2.45) is 0 Å². The van der Waals surface area contributed by atoms with Gasteiger partial charge in [0.1, 0.15) is 11.4 Å². The highest BCUT2D eigenvalue weighted by Gasteiger charge is 2.15. The number of hydrogen-bond acceptors (Lipinski definition) is 4. The predicted octanol–water partition coefficient (Wildman–Crippen LogP) is 3.58. The number of anilines is 1. The molecular formula is C15H17ClN2O2. The molecule has 0 saturated carbocycles. The van der Waals surface area contributed by atoms with Gasteiger partial charge in [0.15, 0.2) is 0 Å². The van der Waals surface area contributed by atoms with E-state index in [1.165, 1.54) is 13.3 Å². The van der Waals surface area contributed by atoms with Crippen molar-refractivity contribution in [1.29, 1.82) is 0 Å². The smallest absolute Gasteiger partial charge is 0.213 e. The highest BCUT2D eigenvalue weighted by Crippen LogP contribution is 2.26. The Hall–Kier alpha value is -2.07. The van der Waals surface area contributed by atoms with Gasteiger partial charge in [-0.25, -0.2) is 0 Å². The van der Waals surface area contributed by atoms with Crippen LogP contribution in [0, 0.1) is 0 Å². The number of aromatic nitrogens is 1. The Morgan fingerprint density at radius 3 is 2.50 bits per heavy atom. The van der Waals surface area contributed by atoms with Crippen molar-refractivity contribution in [3.8, 4) is 5.75 Å². The van der Waals surface area contributed by atoms with Gasteiger partial charge in [0.2, 0.25) is 5.78 Å². The Labute approximate surface area is 123 Å². The van der Waals surface area contributed by atoms with Crippen LogP contribution < -0.4 is 10.5 Å². The molecule has 2 aromatic rings. The number of nitrogens with zero attached hydrogens (tertiary/aromatic N) is 1. The number of hydrogen-bond donors (Lipinski definition) is 1. The number of benzene rings is 1. The highest BCUT2D eigenvalue weighted by atomic mass is 35.5. The molecule has 0 amide bonds. The zero-order valence-corrected chi connectivity index (χ0v) is 12.4. The van der Waals surface area contributed by atoms with Crippen molar-refractivity contribution in [2.75, 3.05) is 12.8 Å². The van der Waals surface area contributed by atoms with Crippen LogP contribution in [0.15, 0.2) is 36.5 Å². The molecule has 0 unspecified atom stereocenters. The SMILES string of the molecule is CC.COc1cccc(C(=O)c2ccc(Cl)cn2)c1N. The van der Waals surface area contributed by atoms with Crippen LogP contribution in [-0.4, -0.2) is 17.9 Å². The monoisotopic (exact) mass is 292 g/mol. The molecule has 0 aliphatic carbocycles. The number of nitrogen functional groups attached to an aromatic ring is 1. The summed E-state index contributed by atoms with van der Waals surface area (Å²) >= 11 is 5.72. The van der Waals surface area contributed by atoms with Crippen LogP contribution in [0.25, 0.3) is 0 Å². The Kier molecular flexibility index (Phi) is 6.00. The molecule has 2 rings (SSSR count). The molecule has 20 heavy (non-hydrogen) atoms. The van der Waals surface area contributed by atoms with Gasteiger partial charge in [0.25, 0.3) is 0 Å². The third kappa shape index (κ3) is 3.48. The Bertz CT molecular complexity index is 583. The number of carbonyl (C=O) groups excluding carboxylic acids is 1. The Morgan fingerprint density at radius 2 is 1.95 bits per heavy atom. The maximum Gasteiger partial charge on any atom is 0.213 e. The molecule has 5 heteroatoms. The van der Waals surface area contributed by atoms with Crippen molar-refractivity contribution in [3.05, 3.63) is 52.8 Å². The summed E-state index contributed by atoms with van der Waals surface area (Å²) in [6.07, 6.45) is 1.42. The Morgan fingerprint density at radius 1 is 1.25 bits per heavy atom. The van der Waals surface area contributed by atoms with E-state index in [2.05, 4.69) is 4.98 Å². The average Bonchev–Trinajstić information content (AvgIpc) is 2.49. The topological polar surface area (TPSA) is 65.2 Å². The number of carbonyl (C=O) groups is 1. The number of nitrogens with two attached hydrogens (primary N) is 1. The van der Waals surface area contributed by atoms with Crippen LogP contribution in [-0.2, 0) is 0 Å². The number of methoxy groups -OCH3 is 1. The predicted molar refractivity (Wildman–Crippen MR) is 81.4 cm³/mol. The average molecular weight is 293 g/mol. The molecule has 0 aliphatic rings. The molecule has 2 N–H and O–H groups in total. The summed E-state index contributed by atoms with van der Waals surface area (Å²) in [6, 6.07) is 8.21. The number of ether oxygens (including phenoxy) is 1. The van der Waals surface area contributed by atoms with E-state index >= 15 is 0 Å². The molecule has 0 bridgehead atoms. The van der Waals surface area contributed by atoms with Crippen LogP contribution in [0.4, 0.5) is 5.69 Å². The summed E-state index contributed by atoms with van der Waals surface area (Å²) in [5.41, 5.74) is 6.83. The fourth-order valence-electron chi connectivity index (χ4n) is 1.57. The van der Waals surface area contributed by atoms with E-state index in [9.17, 15) is 4.79 Å². The molecule has 1 aromatic carbocycles. The second-order valence-electron chi connectivity index (χ2n) is 3.61. The van der Waals surface area contributed by atoms with Gasteiger partial charge in [0.05, 0.1) is 23.4 Å². The van der Waals surface area contributed by atoms with Crippen LogP contribution in [0.2, 0.25) is 5.02 Å². The van der Waals surface area contributed by atoms with E-state index in [-0.39, 0.29) is 5.78 Å². The zero-order valence-electron chi connectivity index (χ0n) is 11.7. The van der Waals surface area contributed by atoms with Gasteiger partial charge >= 0.3 is 0 Å². The molecule has 0 fully saturated rings. The summed E-state index contributed by atoms with van der Waals surface area (Å²) in [4.78, 5) is 16.2. The van der Waals surface area contributed by atoms with Crippen molar-refractivity contribution < 1.29 is 9.53 Å². The zero-order chi connectivity index (χ0) is 15.1. The molecule has 1 heterocycles. The summed E-state index contributed by atoms with van der Waals surface area (Å²) in [5, 5.41) is 0.477. The van der Waals surface area contributed by atoms with Crippen molar-refractivity contribution in [1.82, 2.24) is 4.98 Å². The van der Waals surface area contributed by atoms with E-state index in [1.54, 1.807) is 30.3 Å². The van der Waals surface area contributed by atoms with Crippen LogP contribution in [0.5, 0.6) is 5.75 Å². The first-order valence-corrected chi connectivity index (χ1v) is 6.60. The minimum absolute atomic E-state index is 0.261. The first-order valence-electron chi connectivity index (χ1n) is 6.22. The minimum Gasteiger partial charge on any atom is -0.495 e. The highest BCUT2D eigenvalue weighted by molar-refractivity contribution is 6.30. The van der Waals surface area contributed by atoms with Crippen molar-refractivity contribution >= 4 is 23.1 Å². The molecule has 106 valence electrons. The number of para-hydroxylation sites is 1. The first kappa shape index (κ1) is 16.0. The van der Waals surface area contributed by atoms with Gasteiger partial charge in [-0.3, -0.25) is 9.78 Å². The van der Waals surface area contributed by atoms with Gasteiger partial charge in [0, 0.05) is 6.20 Å². The van der Waals surface area contributed by atoms with Gasteiger partial charge in [-0.05, 0) is 24.3 Å². The van der Waals surface area contributed by atoms with E-state index in [4.69, 9.17) is 22.1 Å². The minimum atomic E-state index is -0.261. The standard InChI is InChI=1S/C13H11ClN2O2.C2H6/c1-18-11-4-2-3-9(12(11)15)13(17)10-6-5-8(14)7-16-10;1-2/h2-7H,15H2,1H3;1-2H3. The fraction of sp³-hybridized carbons (Fsp3) is 0.200. The second kappa shape index (κ2) is 7.50. The summed E-state index contributed by atoms with van der Waals surface area (Å²) in [6.45, 7) is 4.00. The largest absolute Gasteiger partial charge is 0.495 e. The summed E-state index contributed by atoms with van der Waals surface area (Å²) in [7, 11) is 1.50. The fourth-order valence-corrected chi connectivity index (χ4v) is 1.68. The first-order chi connectivity index (χ1) is 9.63. The van der Waals surface area contributed by atoms with E-state index in [0.717, 1.165) is 0 Å². The van der Waals surface area contributed by atoms with E-state index in [1.807, 2.05) is 13.8 Å². The van der Waals surface area contributed by atoms with Crippen molar-refractivity contribution in [3.63, 3.8) is 0 Å². The molecule has 0 atom stereocenters. The number of halogens is 1. The molecule has 1 aromatic heterocycles. The van der Waals surface area contributed by atoms with Gasteiger partial charge in [-0.2, -0.15) is 0 Å². The molecule has 4 nitrogen and oxygen atoms in total. The lowest BCUT2D eigenvalue weighted by atomic mass is 10.1. The maximum atomic E-state index is 12.2. The lowest BCUT2D eigenvalue weighted by molar-refractivity contribution is 0.103. The van der Waals surface area contributed by atoms with Crippen LogP contribution in [0.3, 0.4) is 0 Å². The molecule has 0 saturated heterocycles. The second-order valence-corrected chi connectivity index (χ2v) is 4.05. The van der Waals surface area contributed by atoms with Crippen LogP contribution >= 0.6 is 11.6 Å². The maximum absolute atomic E-state index is 12.2. The van der Waals surface area contributed by atoms with E-state index in [0.29, 0.717) is 27.7 Å². The lowest BCUT2D eigenvalue weighted by Gasteiger charge is -2.08. The summed E-state index contributed by atoms with van der Waals surface area (Å²) in [5.74, 6) is 0.206.